The van der Waals surface area contributed by atoms with Gasteiger partial charge in [0.05, 0.1) is 18.8 Å². The summed E-state index contributed by atoms with van der Waals surface area (Å²) in [5.74, 6) is 0.0381. The molecule has 0 bridgehead atoms. The minimum atomic E-state index is 0.0381. The predicted molar refractivity (Wildman–Crippen MR) is 73.0 cm³/mol. The van der Waals surface area contributed by atoms with Crippen molar-refractivity contribution in [2.45, 2.75) is 44.4 Å². The summed E-state index contributed by atoms with van der Waals surface area (Å²) < 4.78 is 5.79. The fourth-order valence-corrected chi connectivity index (χ4v) is 3.65. The first-order chi connectivity index (χ1) is 9.29. The summed E-state index contributed by atoms with van der Waals surface area (Å²) in [6.07, 6.45) is 4.72. The molecule has 1 aliphatic heterocycles. The summed E-state index contributed by atoms with van der Waals surface area (Å²) in [5, 5.41) is 2.63. The minimum Gasteiger partial charge on any atom is -0.374 e. The summed E-state index contributed by atoms with van der Waals surface area (Å²) in [5.41, 5.74) is 6.09. The molecule has 6 heteroatoms. The number of ether oxygens (including phenoxy) is 1. The van der Waals surface area contributed by atoms with Crippen LogP contribution in [-0.2, 0) is 11.3 Å². The molecule has 2 atom stereocenters. The van der Waals surface area contributed by atoms with Crippen molar-refractivity contribution in [3.05, 3.63) is 16.1 Å². The zero-order chi connectivity index (χ0) is 13.2. The Morgan fingerprint density at radius 1 is 1.53 bits per heavy atom. The molecule has 5 nitrogen and oxygen atoms in total. The van der Waals surface area contributed by atoms with Crippen LogP contribution in [0.3, 0.4) is 0 Å². The average molecular weight is 281 g/mol. The number of amides is 1. The maximum Gasteiger partial charge on any atom is 0.273 e. The molecule has 0 spiro atoms. The zero-order valence-electron chi connectivity index (χ0n) is 10.9. The largest absolute Gasteiger partial charge is 0.374 e. The molecule has 19 heavy (non-hydrogen) atoms. The summed E-state index contributed by atoms with van der Waals surface area (Å²) in [6, 6.07) is 0.234. The van der Waals surface area contributed by atoms with Gasteiger partial charge in [0.1, 0.15) is 10.7 Å². The maximum atomic E-state index is 12.6. The third kappa shape index (κ3) is 2.52. The number of carbonyl (C=O) groups excluding carboxylic acids is 1. The summed E-state index contributed by atoms with van der Waals surface area (Å²) >= 11 is 1.46. The van der Waals surface area contributed by atoms with Crippen LogP contribution in [0.5, 0.6) is 0 Å². The Morgan fingerprint density at radius 3 is 3.16 bits per heavy atom. The Bertz CT molecular complexity index is 460. The van der Waals surface area contributed by atoms with Crippen LogP contribution in [0.1, 0.15) is 41.2 Å². The number of nitrogens with two attached hydrogens (primary N) is 1. The van der Waals surface area contributed by atoms with Gasteiger partial charge in [0, 0.05) is 18.5 Å². The van der Waals surface area contributed by atoms with E-state index in [0.717, 1.165) is 17.8 Å². The molecule has 2 unspecified atom stereocenters. The van der Waals surface area contributed by atoms with Gasteiger partial charge in [-0.3, -0.25) is 4.79 Å². The first-order valence-corrected chi connectivity index (χ1v) is 7.74. The number of nitrogens with zero attached hydrogens (tertiary/aromatic N) is 2. The Morgan fingerprint density at radius 2 is 2.37 bits per heavy atom. The number of rotatable bonds is 2. The maximum absolute atomic E-state index is 12.6. The van der Waals surface area contributed by atoms with Crippen molar-refractivity contribution in [1.29, 1.82) is 0 Å². The lowest BCUT2D eigenvalue weighted by Crippen LogP contribution is -2.54. The lowest BCUT2D eigenvalue weighted by atomic mass is 9.90. The molecule has 2 aliphatic rings. The lowest BCUT2D eigenvalue weighted by Gasteiger charge is -2.43. The second kappa shape index (κ2) is 5.56. The van der Waals surface area contributed by atoms with E-state index in [1.807, 2.05) is 10.3 Å². The molecule has 1 saturated carbocycles. The van der Waals surface area contributed by atoms with Crippen LogP contribution in [0.2, 0.25) is 0 Å². The lowest BCUT2D eigenvalue weighted by molar-refractivity contribution is -0.0754. The van der Waals surface area contributed by atoms with Gasteiger partial charge in [-0.05, 0) is 12.8 Å². The number of carbonyl (C=O) groups is 1. The summed E-state index contributed by atoms with van der Waals surface area (Å²) in [4.78, 5) is 18.8. The fraction of sp³-hybridized carbons (Fsp3) is 0.692. The Hall–Kier alpha value is -0.980. The molecule has 104 valence electrons. The highest BCUT2D eigenvalue weighted by Crippen LogP contribution is 2.29. The minimum absolute atomic E-state index is 0.0381. The highest BCUT2D eigenvalue weighted by molar-refractivity contribution is 7.09. The van der Waals surface area contributed by atoms with Gasteiger partial charge in [-0.1, -0.05) is 12.8 Å². The van der Waals surface area contributed by atoms with Gasteiger partial charge in [-0.2, -0.15) is 0 Å². The van der Waals surface area contributed by atoms with Crippen LogP contribution in [0.25, 0.3) is 0 Å². The predicted octanol–water partition coefficient (Wildman–Crippen LogP) is 1.39. The molecule has 1 amide bonds. The van der Waals surface area contributed by atoms with E-state index in [1.165, 1.54) is 24.2 Å². The van der Waals surface area contributed by atoms with Gasteiger partial charge >= 0.3 is 0 Å². The third-order valence-corrected chi connectivity index (χ3v) is 4.81. The molecular weight excluding hydrogens is 262 g/mol. The van der Waals surface area contributed by atoms with Gasteiger partial charge < -0.3 is 15.4 Å². The standard InChI is InChI=1S/C13H19N3O2S/c14-7-12-15-9(8-19-12)13(17)16-5-6-18-11-4-2-1-3-10(11)16/h8,10-11H,1-7,14H2. The van der Waals surface area contributed by atoms with E-state index in [2.05, 4.69) is 4.98 Å². The molecule has 2 N–H and O–H groups in total. The van der Waals surface area contributed by atoms with Crippen molar-refractivity contribution in [2.24, 2.45) is 5.73 Å². The van der Waals surface area contributed by atoms with Crippen molar-refractivity contribution >= 4 is 17.2 Å². The number of hydrogen-bond acceptors (Lipinski definition) is 5. The van der Waals surface area contributed by atoms with E-state index in [9.17, 15) is 4.79 Å². The Kier molecular flexibility index (Phi) is 3.81. The number of fused-ring (bicyclic) bond motifs is 1. The monoisotopic (exact) mass is 281 g/mol. The van der Waals surface area contributed by atoms with Crippen LogP contribution < -0.4 is 5.73 Å². The molecule has 0 aromatic carbocycles. The molecule has 1 aliphatic carbocycles. The summed E-state index contributed by atoms with van der Waals surface area (Å²) in [6.45, 7) is 1.71. The van der Waals surface area contributed by atoms with E-state index < -0.39 is 0 Å². The second-order valence-electron chi connectivity index (χ2n) is 5.09. The molecule has 1 aromatic heterocycles. The number of thiazole rings is 1. The molecule has 2 heterocycles. The van der Waals surface area contributed by atoms with Gasteiger partial charge in [-0.15, -0.1) is 11.3 Å². The van der Waals surface area contributed by atoms with Crippen molar-refractivity contribution in [2.75, 3.05) is 13.2 Å². The summed E-state index contributed by atoms with van der Waals surface area (Å²) in [7, 11) is 0. The number of hydrogen-bond donors (Lipinski definition) is 1. The zero-order valence-corrected chi connectivity index (χ0v) is 11.7. The number of morpholine rings is 1. The Labute approximate surface area is 116 Å². The van der Waals surface area contributed by atoms with E-state index in [4.69, 9.17) is 10.5 Å². The van der Waals surface area contributed by atoms with Crippen LogP contribution in [0, 0.1) is 0 Å². The van der Waals surface area contributed by atoms with Gasteiger partial charge in [0.25, 0.3) is 5.91 Å². The first-order valence-electron chi connectivity index (χ1n) is 6.86. The van der Waals surface area contributed by atoms with Crippen LogP contribution >= 0.6 is 11.3 Å². The molecule has 0 radical (unpaired) electrons. The fourth-order valence-electron chi connectivity index (χ4n) is 3.00. The molecular formula is C13H19N3O2S. The number of aromatic nitrogens is 1. The first kappa shape index (κ1) is 13.0. The van der Waals surface area contributed by atoms with Gasteiger partial charge in [0.2, 0.25) is 0 Å². The molecule has 1 saturated heterocycles. The topological polar surface area (TPSA) is 68.5 Å². The van der Waals surface area contributed by atoms with Crippen molar-refractivity contribution in [3.8, 4) is 0 Å². The van der Waals surface area contributed by atoms with Crippen LogP contribution in [-0.4, -0.2) is 41.1 Å². The second-order valence-corrected chi connectivity index (χ2v) is 6.03. The third-order valence-electron chi connectivity index (χ3n) is 3.94. The SMILES string of the molecule is NCc1nc(C(=O)N2CCOC3CCCCC32)cs1. The average Bonchev–Trinajstić information content (AvgIpc) is 2.95. The molecule has 2 fully saturated rings. The smallest absolute Gasteiger partial charge is 0.273 e. The van der Waals surface area contributed by atoms with Crippen LogP contribution in [0.4, 0.5) is 0 Å². The van der Waals surface area contributed by atoms with Crippen molar-refractivity contribution in [3.63, 3.8) is 0 Å². The van der Waals surface area contributed by atoms with Crippen LogP contribution in [0.15, 0.2) is 5.38 Å². The van der Waals surface area contributed by atoms with E-state index >= 15 is 0 Å². The highest BCUT2D eigenvalue weighted by Gasteiger charge is 2.37. The highest BCUT2D eigenvalue weighted by atomic mass is 32.1. The van der Waals surface area contributed by atoms with E-state index in [1.54, 1.807) is 0 Å². The van der Waals surface area contributed by atoms with Crippen molar-refractivity contribution < 1.29 is 9.53 Å². The normalized spacial score (nSPS) is 27.1. The quantitative estimate of drug-likeness (QED) is 0.889. The van der Waals surface area contributed by atoms with E-state index in [0.29, 0.717) is 25.4 Å². The van der Waals surface area contributed by atoms with Gasteiger partial charge in [0.15, 0.2) is 0 Å². The molecule has 3 rings (SSSR count). The molecule has 1 aromatic rings. The van der Waals surface area contributed by atoms with E-state index in [-0.39, 0.29) is 18.1 Å². The van der Waals surface area contributed by atoms with Gasteiger partial charge in [-0.25, -0.2) is 4.98 Å². The Balaban J connectivity index is 1.77. The van der Waals surface area contributed by atoms with Crippen molar-refractivity contribution in [1.82, 2.24) is 9.88 Å².